The molecule has 0 bridgehead atoms. The van der Waals surface area contributed by atoms with Crippen LogP contribution in [0.15, 0.2) is 18.2 Å². The van der Waals surface area contributed by atoms with Gasteiger partial charge in [0.2, 0.25) is 11.7 Å². The number of ether oxygens (including phenoxy) is 3. The van der Waals surface area contributed by atoms with Crippen LogP contribution in [0.4, 0.5) is 0 Å². The Bertz CT molecular complexity index is 768. The Labute approximate surface area is 151 Å². The van der Waals surface area contributed by atoms with Gasteiger partial charge < -0.3 is 19.1 Å². The first-order valence-corrected chi connectivity index (χ1v) is 8.43. The average Bonchev–Trinajstić information content (AvgIpc) is 3.08. The van der Waals surface area contributed by atoms with Crippen LogP contribution in [0.25, 0.3) is 11.4 Å². The van der Waals surface area contributed by atoms with Crippen LogP contribution in [-0.2, 0) is 16.1 Å². The molecule has 2 aromatic rings. The van der Waals surface area contributed by atoms with Crippen molar-refractivity contribution in [1.82, 2.24) is 25.1 Å². The highest BCUT2D eigenvalue weighted by Gasteiger charge is 2.26. The molecule has 1 fully saturated rings. The van der Waals surface area contributed by atoms with E-state index in [0.29, 0.717) is 30.4 Å². The summed E-state index contributed by atoms with van der Waals surface area (Å²) < 4.78 is 16.2. The van der Waals surface area contributed by atoms with Crippen molar-refractivity contribution in [2.24, 2.45) is 0 Å². The number of rotatable bonds is 5. The van der Waals surface area contributed by atoms with Gasteiger partial charge in [-0.05, 0) is 37.3 Å². The van der Waals surface area contributed by atoms with Crippen molar-refractivity contribution in [2.75, 3.05) is 27.3 Å². The Morgan fingerprint density at radius 1 is 1.19 bits per heavy atom. The molecule has 1 aromatic carbocycles. The molecule has 1 aliphatic heterocycles. The summed E-state index contributed by atoms with van der Waals surface area (Å²) in [6.45, 7) is 5.10. The van der Waals surface area contributed by atoms with Crippen molar-refractivity contribution in [1.29, 1.82) is 0 Å². The number of hydrogen-bond acceptors (Lipinski definition) is 7. The molecule has 1 amide bonds. The largest absolute Gasteiger partial charge is 0.493 e. The number of carbonyl (C=O) groups is 1. The zero-order valence-corrected chi connectivity index (χ0v) is 15.4. The van der Waals surface area contributed by atoms with Crippen molar-refractivity contribution in [3.63, 3.8) is 0 Å². The summed E-state index contributed by atoms with van der Waals surface area (Å²) >= 11 is 0. The molecule has 0 spiro atoms. The van der Waals surface area contributed by atoms with E-state index in [1.807, 2.05) is 19.9 Å². The zero-order valence-electron chi connectivity index (χ0n) is 15.4. The summed E-state index contributed by atoms with van der Waals surface area (Å²) in [6.07, 6.45) is 0.0439. The second kappa shape index (κ2) is 7.69. The van der Waals surface area contributed by atoms with Crippen LogP contribution in [-0.4, -0.2) is 70.5 Å². The zero-order chi connectivity index (χ0) is 18.7. The number of benzene rings is 1. The van der Waals surface area contributed by atoms with Gasteiger partial charge in [-0.3, -0.25) is 4.79 Å². The maximum Gasteiger partial charge on any atom is 0.246 e. The maximum absolute atomic E-state index is 12.5. The number of methoxy groups -OCH3 is 2. The highest BCUT2D eigenvalue weighted by molar-refractivity contribution is 5.76. The minimum Gasteiger partial charge on any atom is -0.493 e. The minimum atomic E-state index is -0.0525. The molecule has 2 atom stereocenters. The summed E-state index contributed by atoms with van der Waals surface area (Å²) in [6, 6.07) is 5.36. The highest BCUT2D eigenvalue weighted by atomic mass is 16.5. The monoisotopic (exact) mass is 361 g/mol. The normalized spacial score (nSPS) is 20.1. The lowest BCUT2D eigenvalue weighted by molar-refractivity contribution is -0.144. The molecule has 140 valence electrons. The summed E-state index contributed by atoms with van der Waals surface area (Å²) in [5.74, 6) is 1.56. The number of amides is 1. The molecule has 3 rings (SSSR count). The van der Waals surface area contributed by atoms with Gasteiger partial charge in [0.05, 0.1) is 26.4 Å². The molecule has 1 saturated heterocycles. The number of aromatic nitrogens is 4. The van der Waals surface area contributed by atoms with Gasteiger partial charge in [-0.15, -0.1) is 10.2 Å². The Balaban J connectivity index is 1.71. The van der Waals surface area contributed by atoms with Gasteiger partial charge in [-0.1, -0.05) is 0 Å². The first kappa shape index (κ1) is 18.1. The molecule has 2 heterocycles. The minimum absolute atomic E-state index is 0.0220. The Morgan fingerprint density at radius 3 is 2.54 bits per heavy atom. The third kappa shape index (κ3) is 3.93. The molecule has 9 heteroatoms. The fourth-order valence-corrected chi connectivity index (χ4v) is 3.00. The molecular formula is C17H23N5O4. The van der Waals surface area contributed by atoms with Crippen molar-refractivity contribution in [3.8, 4) is 22.9 Å². The number of morpholine rings is 1. The fourth-order valence-electron chi connectivity index (χ4n) is 3.00. The van der Waals surface area contributed by atoms with Gasteiger partial charge in [-0.2, -0.15) is 4.80 Å². The first-order valence-electron chi connectivity index (χ1n) is 8.43. The molecule has 1 aromatic heterocycles. The van der Waals surface area contributed by atoms with E-state index in [1.54, 1.807) is 31.3 Å². The standard InChI is InChI=1S/C17H23N5O4/c1-11-8-21(9-12(2)26-11)16(23)10-22-19-17(18-20-22)13-5-6-14(24-3)15(7-13)25-4/h5-7,11-12H,8-10H2,1-4H3/t11-,12+. The molecule has 9 nitrogen and oxygen atoms in total. The van der Waals surface area contributed by atoms with Crippen LogP contribution < -0.4 is 9.47 Å². The van der Waals surface area contributed by atoms with Crippen molar-refractivity contribution in [3.05, 3.63) is 18.2 Å². The van der Waals surface area contributed by atoms with Crippen LogP contribution in [0.2, 0.25) is 0 Å². The smallest absolute Gasteiger partial charge is 0.246 e. The van der Waals surface area contributed by atoms with Crippen LogP contribution in [0.3, 0.4) is 0 Å². The lowest BCUT2D eigenvalue weighted by Crippen LogP contribution is -2.49. The number of carbonyl (C=O) groups excluding carboxylic acids is 1. The SMILES string of the molecule is COc1ccc(-c2nnn(CC(=O)N3C[C@@H](C)O[C@@H](C)C3)n2)cc1OC. The molecule has 0 saturated carbocycles. The number of nitrogens with zero attached hydrogens (tertiary/aromatic N) is 5. The van der Waals surface area contributed by atoms with E-state index < -0.39 is 0 Å². The van der Waals surface area contributed by atoms with E-state index in [-0.39, 0.29) is 24.7 Å². The quantitative estimate of drug-likeness (QED) is 0.784. The Hall–Kier alpha value is -2.68. The summed E-state index contributed by atoms with van der Waals surface area (Å²) in [5.41, 5.74) is 0.731. The molecular weight excluding hydrogens is 338 g/mol. The van der Waals surface area contributed by atoms with Crippen LogP contribution in [0, 0.1) is 0 Å². The first-order chi connectivity index (χ1) is 12.5. The van der Waals surface area contributed by atoms with E-state index in [4.69, 9.17) is 14.2 Å². The van der Waals surface area contributed by atoms with E-state index in [2.05, 4.69) is 15.4 Å². The van der Waals surface area contributed by atoms with Gasteiger partial charge in [0, 0.05) is 18.7 Å². The second-order valence-electron chi connectivity index (χ2n) is 6.27. The lowest BCUT2D eigenvalue weighted by atomic mass is 10.2. The Morgan fingerprint density at radius 2 is 1.88 bits per heavy atom. The average molecular weight is 361 g/mol. The van der Waals surface area contributed by atoms with E-state index in [1.165, 1.54) is 4.80 Å². The molecule has 26 heavy (non-hydrogen) atoms. The Kier molecular flexibility index (Phi) is 5.36. The van der Waals surface area contributed by atoms with E-state index in [9.17, 15) is 4.79 Å². The molecule has 0 aliphatic carbocycles. The van der Waals surface area contributed by atoms with Crippen molar-refractivity contribution >= 4 is 5.91 Å². The van der Waals surface area contributed by atoms with Crippen molar-refractivity contribution in [2.45, 2.75) is 32.6 Å². The van der Waals surface area contributed by atoms with Crippen molar-refractivity contribution < 1.29 is 19.0 Å². The molecule has 0 radical (unpaired) electrons. The van der Waals surface area contributed by atoms with Gasteiger partial charge in [0.25, 0.3) is 0 Å². The van der Waals surface area contributed by atoms with Gasteiger partial charge >= 0.3 is 0 Å². The molecule has 0 N–H and O–H groups in total. The van der Waals surface area contributed by atoms with Gasteiger partial charge in [0.1, 0.15) is 6.54 Å². The van der Waals surface area contributed by atoms with Gasteiger partial charge in [0.15, 0.2) is 11.5 Å². The predicted molar refractivity (Wildman–Crippen MR) is 92.9 cm³/mol. The maximum atomic E-state index is 12.5. The third-order valence-electron chi connectivity index (χ3n) is 4.14. The second-order valence-corrected chi connectivity index (χ2v) is 6.27. The van der Waals surface area contributed by atoms with Crippen LogP contribution >= 0.6 is 0 Å². The van der Waals surface area contributed by atoms with Crippen LogP contribution in [0.1, 0.15) is 13.8 Å². The number of tetrazole rings is 1. The van der Waals surface area contributed by atoms with Crippen LogP contribution in [0.5, 0.6) is 11.5 Å². The third-order valence-corrected chi connectivity index (χ3v) is 4.14. The molecule has 0 unspecified atom stereocenters. The van der Waals surface area contributed by atoms with E-state index >= 15 is 0 Å². The fraction of sp³-hybridized carbons (Fsp3) is 0.529. The molecule has 1 aliphatic rings. The summed E-state index contributed by atoms with van der Waals surface area (Å²) in [7, 11) is 3.14. The summed E-state index contributed by atoms with van der Waals surface area (Å²) in [4.78, 5) is 15.6. The van der Waals surface area contributed by atoms with Gasteiger partial charge in [-0.25, -0.2) is 0 Å². The predicted octanol–water partition coefficient (Wildman–Crippen LogP) is 0.993. The lowest BCUT2D eigenvalue weighted by Gasteiger charge is -2.35. The van der Waals surface area contributed by atoms with E-state index in [0.717, 1.165) is 5.56 Å². The number of hydrogen-bond donors (Lipinski definition) is 0. The summed E-state index contributed by atoms with van der Waals surface area (Å²) in [5, 5.41) is 12.3. The highest BCUT2D eigenvalue weighted by Crippen LogP contribution is 2.30. The topological polar surface area (TPSA) is 91.6 Å².